The van der Waals surface area contributed by atoms with Crippen LogP contribution in [0, 0.1) is 0 Å². The average molecular weight is 500 g/mol. The summed E-state index contributed by atoms with van der Waals surface area (Å²) in [7, 11) is 0. The smallest absolute Gasteiger partial charge is 0.333 e. The molecule has 0 aromatic rings. The largest absolute Gasteiger partial charge is 0.460 e. The molecule has 0 radical (unpaired) electrons. The molecule has 0 saturated carbocycles. The molecule has 0 heterocycles. The third-order valence-electron chi connectivity index (χ3n) is 4.06. The van der Waals surface area contributed by atoms with Crippen molar-refractivity contribution in [3.05, 3.63) is 12.2 Å². The molecule has 0 unspecified atom stereocenters. The Balaban J connectivity index is 5.60. The lowest BCUT2D eigenvalue weighted by Crippen LogP contribution is -2.53. The monoisotopic (exact) mass is 499 g/mol. The van der Waals surface area contributed by atoms with Crippen molar-refractivity contribution in [1.82, 2.24) is 10.6 Å². The first-order valence-electron chi connectivity index (χ1n) is 11.9. The number of hydrogen-bond acceptors (Lipinski definition) is 8. The van der Waals surface area contributed by atoms with Gasteiger partial charge in [-0.15, -0.1) is 0 Å². The number of carbonyl (C=O) groups excluding carboxylic acids is 4. The van der Waals surface area contributed by atoms with E-state index in [1.165, 1.54) is 0 Å². The summed E-state index contributed by atoms with van der Waals surface area (Å²) in [4.78, 5) is 50.6. The van der Waals surface area contributed by atoms with E-state index in [1.807, 2.05) is 0 Å². The zero-order chi connectivity index (χ0) is 27.6. The Morgan fingerprint density at radius 3 is 1.71 bits per heavy atom. The van der Waals surface area contributed by atoms with Crippen LogP contribution in [0.15, 0.2) is 12.2 Å². The van der Waals surface area contributed by atoms with Gasteiger partial charge in [-0.25, -0.2) is 14.4 Å². The molecule has 10 nitrogen and oxygen atoms in total. The first kappa shape index (κ1) is 32.4. The van der Waals surface area contributed by atoms with Crippen LogP contribution in [0.1, 0.15) is 88.0 Å². The molecular formula is C25H45N3O7. The van der Waals surface area contributed by atoms with E-state index in [1.54, 1.807) is 62.3 Å². The van der Waals surface area contributed by atoms with Gasteiger partial charge in [0.1, 0.15) is 22.8 Å². The molecule has 35 heavy (non-hydrogen) atoms. The van der Waals surface area contributed by atoms with Gasteiger partial charge in [0.15, 0.2) is 6.04 Å². The predicted molar refractivity (Wildman–Crippen MR) is 133 cm³/mol. The molecular weight excluding hydrogens is 454 g/mol. The molecule has 0 aliphatic carbocycles. The highest BCUT2D eigenvalue weighted by Crippen LogP contribution is 2.17. The van der Waals surface area contributed by atoms with Crippen molar-refractivity contribution in [3.63, 3.8) is 0 Å². The van der Waals surface area contributed by atoms with E-state index in [0.29, 0.717) is 25.8 Å². The second kappa shape index (κ2) is 13.5. The third kappa shape index (κ3) is 15.8. The number of nitrogens with two attached hydrogens (primary N) is 1. The number of esters is 3. The second-order valence-electron chi connectivity index (χ2n) is 11.4. The average Bonchev–Trinajstić information content (AvgIpc) is 2.60. The van der Waals surface area contributed by atoms with Crippen molar-refractivity contribution in [3.8, 4) is 0 Å². The third-order valence-corrected chi connectivity index (χ3v) is 4.06. The van der Waals surface area contributed by atoms with Gasteiger partial charge in [-0.1, -0.05) is 6.58 Å². The Hall–Kier alpha value is -2.62. The molecule has 202 valence electrons. The van der Waals surface area contributed by atoms with Crippen LogP contribution in [0.2, 0.25) is 0 Å². The van der Waals surface area contributed by atoms with E-state index in [-0.39, 0.29) is 12.0 Å². The summed E-state index contributed by atoms with van der Waals surface area (Å²) in [5.74, 6) is -2.00. The maximum absolute atomic E-state index is 12.8. The Morgan fingerprint density at radius 2 is 1.26 bits per heavy atom. The predicted octanol–water partition coefficient (Wildman–Crippen LogP) is 3.12. The Morgan fingerprint density at radius 1 is 0.771 bits per heavy atom. The van der Waals surface area contributed by atoms with Crippen molar-refractivity contribution in [2.75, 3.05) is 6.54 Å². The highest BCUT2D eigenvalue weighted by Gasteiger charge is 2.33. The SMILES string of the molecule is C=C(CC(=O)OC(C)(C)C)[C@H](NC(=O)N[C@@H](CCCCN)C(=O)OC(C)(C)C)C(=O)OC(C)(C)C. The summed E-state index contributed by atoms with van der Waals surface area (Å²) in [6, 6.07) is -3.11. The van der Waals surface area contributed by atoms with Crippen molar-refractivity contribution >= 4 is 23.9 Å². The maximum Gasteiger partial charge on any atom is 0.333 e. The van der Waals surface area contributed by atoms with Gasteiger partial charge in [-0.05, 0) is 93.7 Å². The number of urea groups is 1. The van der Waals surface area contributed by atoms with Gasteiger partial charge < -0.3 is 30.6 Å². The van der Waals surface area contributed by atoms with Crippen LogP contribution in [-0.4, -0.2) is 59.4 Å². The van der Waals surface area contributed by atoms with Gasteiger partial charge in [-0.3, -0.25) is 4.79 Å². The van der Waals surface area contributed by atoms with Crippen molar-refractivity contribution in [2.45, 2.75) is 117 Å². The van der Waals surface area contributed by atoms with Crippen LogP contribution in [-0.2, 0) is 28.6 Å². The van der Waals surface area contributed by atoms with Crippen LogP contribution in [0.25, 0.3) is 0 Å². The summed E-state index contributed by atoms with van der Waals surface area (Å²) in [5, 5.41) is 5.04. The fraction of sp³-hybridized carbons (Fsp3) is 0.760. The molecule has 4 N–H and O–H groups in total. The summed E-state index contributed by atoms with van der Waals surface area (Å²) in [5.41, 5.74) is 3.30. The van der Waals surface area contributed by atoms with E-state index in [0.717, 1.165) is 0 Å². The topological polar surface area (TPSA) is 146 Å². The number of carbonyl (C=O) groups is 4. The van der Waals surface area contributed by atoms with Crippen molar-refractivity contribution < 1.29 is 33.4 Å². The van der Waals surface area contributed by atoms with Crippen LogP contribution in [0.3, 0.4) is 0 Å². The minimum absolute atomic E-state index is 0.0839. The summed E-state index contributed by atoms with van der Waals surface area (Å²) < 4.78 is 16.1. The minimum atomic E-state index is -1.34. The van der Waals surface area contributed by atoms with Crippen LogP contribution < -0.4 is 16.4 Å². The first-order chi connectivity index (χ1) is 15.7. The molecule has 10 heteroatoms. The first-order valence-corrected chi connectivity index (χ1v) is 11.9. The van der Waals surface area contributed by atoms with Gasteiger partial charge in [0.05, 0.1) is 6.42 Å². The standard InChI is InChI=1S/C25H45N3O7/c1-16(15-18(29)33-23(2,3)4)19(21(31)35-25(8,9)10)28-22(32)27-17(13-11-12-14-26)20(30)34-24(5,6)7/h17,19H,1,11-15,26H2,2-10H3,(H2,27,28,32)/t17-,19-/m0/s1. The molecule has 0 aliphatic rings. The molecule has 0 spiro atoms. The van der Waals surface area contributed by atoms with Crippen molar-refractivity contribution in [1.29, 1.82) is 0 Å². The number of unbranched alkanes of at least 4 members (excludes halogenated alkanes) is 1. The van der Waals surface area contributed by atoms with Gasteiger partial charge in [0, 0.05) is 0 Å². The van der Waals surface area contributed by atoms with Crippen LogP contribution in [0.5, 0.6) is 0 Å². The molecule has 0 aromatic carbocycles. The van der Waals surface area contributed by atoms with E-state index < -0.39 is 52.8 Å². The molecule has 2 atom stereocenters. The van der Waals surface area contributed by atoms with E-state index in [4.69, 9.17) is 19.9 Å². The molecule has 0 aliphatic heterocycles. The van der Waals surface area contributed by atoms with Gasteiger partial charge in [0.25, 0.3) is 0 Å². The molecule has 0 saturated heterocycles. The lowest BCUT2D eigenvalue weighted by atomic mass is 10.0. The van der Waals surface area contributed by atoms with Crippen molar-refractivity contribution in [2.24, 2.45) is 5.73 Å². The lowest BCUT2D eigenvalue weighted by Gasteiger charge is -2.28. The Labute approximate surface area is 209 Å². The highest BCUT2D eigenvalue weighted by atomic mass is 16.6. The number of nitrogens with one attached hydrogen (secondary N) is 2. The number of amides is 2. The van der Waals surface area contributed by atoms with E-state index >= 15 is 0 Å². The Bertz CT molecular complexity index is 758. The fourth-order valence-electron chi connectivity index (χ4n) is 2.80. The molecule has 2 amide bonds. The normalized spacial score (nSPS) is 13.8. The summed E-state index contributed by atoms with van der Waals surface area (Å²) in [6.07, 6.45) is 1.24. The summed E-state index contributed by atoms with van der Waals surface area (Å²) in [6.45, 7) is 19.6. The summed E-state index contributed by atoms with van der Waals surface area (Å²) >= 11 is 0. The highest BCUT2D eigenvalue weighted by molar-refractivity contribution is 5.90. The quantitative estimate of drug-likeness (QED) is 0.170. The van der Waals surface area contributed by atoms with E-state index in [2.05, 4.69) is 17.2 Å². The fourth-order valence-corrected chi connectivity index (χ4v) is 2.80. The van der Waals surface area contributed by atoms with Crippen LogP contribution in [0.4, 0.5) is 4.79 Å². The van der Waals surface area contributed by atoms with Crippen LogP contribution >= 0.6 is 0 Å². The molecule has 0 aromatic heterocycles. The number of ether oxygens (including phenoxy) is 3. The number of rotatable bonds is 11. The van der Waals surface area contributed by atoms with E-state index in [9.17, 15) is 19.2 Å². The molecule has 0 rings (SSSR count). The maximum atomic E-state index is 12.8. The van der Waals surface area contributed by atoms with Gasteiger partial charge >= 0.3 is 23.9 Å². The lowest BCUT2D eigenvalue weighted by molar-refractivity contribution is -0.158. The molecule has 0 fully saturated rings. The van der Waals surface area contributed by atoms with Gasteiger partial charge in [0.2, 0.25) is 0 Å². The molecule has 0 bridgehead atoms. The number of hydrogen-bond donors (Lipinski definition) is 3. The zero-order valence-electron chi connectivity index (χ0n) is 22.8. The second-order valence-corrected chi connectivity index (χ2v) is 11.4. The van der Waals surface area contributed by atoms with Gasteiger partial charge in [-0.2, -0.15) is 0 Å². The minimum Gasteiger partial charge on any atom is -0.460 e. The Kier molecular flexibility index (Phi) is 12.5. The zero-order valence-corrected chi connectivity index (χ0v) is 22.8.